The fraction of sp³-hybridized carbons (Fsp3) is 0.400. The van der Waals surface area contributed by atoms with Gasteiger partial charge in [-0.3, -0.25) is 10.1 Å². The second-order valence-corrected chi connectivity index (χ2v) is 5.37. The lowest BCUT2D eigenvalue weighted by Gasteiger charge is -2.19. The molecule has 120 valence electrons. The van der Waals surface area contributed by atoms with Crippen LogP contribution in [0.5, 0.6) is 0 Å². The van der Waals surface area contributed by atoms with Crippen molar-refractivity contribution < 1.29 is 28.2 Å². The van der Waals surface area contributed by atoms with Crippen molar-refractivity contribution in [3.8, 4) is 0 Å². The molecule has 1 rings (SSSR count). The third kappa shape index (κ3) is 5.16. The summed E-state index contributed by atoms with van der Waals surface area (Å²) < 4.78 is 23.2. The molecule has 22 heavy (non-hydrogen) atoms. The highest BCUT2D eigenvalue weighted by Crippen LogP contribution is 2.18. The van der Waals surface area contributed by atoms with Crippen LogP contribution in [0.4, 0.5) is 14.9 Å². The third-order valence-corrected chi connectivity index (χ3v) is 2.32. The number of carbonyl (C=O) groups excluding carboxylic acids is 3. The molecular weight excluding hydrogens is 293 g/mol. The number of hydrogen-bond acceptors (Lipinski definition) is 5. The fourth-order valence-electron chi connectivity index (χ4n) is 1.49. The third-order valence-electron chi connectivity index (χ3n) is 2.32. The van der Waals surface area contributed by atoms with Gasteiger partial charge in [0.15, 0.2) is 0 Å². The molecule has 6 nitrogen and oxygen atoms in total. The van der Waals surface area contributed by atoms with Gasteiger partial charge in [-0.15, -0.1) is 0 Å². The summed E-state index contributed by atoms with van der Waals surface area (Å²) in [5, 5.41) is 2.19. The number of nitrogens with one attached hydrogen (secondary N) is 1. The molecule has 1 amide bonds. The van der Waals surface area contributed by atoms with E-state index in [9.17, 15) is 18.8 Å². The zero-order valence-electron chi connectivity index (χ0n) is 12.9. The maximum atomic E-state index is 13.7. The average molecular weight is 311 g/mol. The van der Waals surface area contributed by atoms with Crippen LogP contribution in [0.15, 0.2) is 18.2 Å². The Balaban J connectivity index is 2.93. The molecule has 0 aliphatic rings. The summed E-state index contributed by atoms with van der Waals surface area (Å²) in [5.74, 6) is -2.72. The lowest BCUT2D eigenvalue weighted by Crippen LogP contribution is -2.27. The topological polar surface area (TPSA) is 81.7 Å². The first-order valence-electron chi connectivity index (χ1n) is 6.65. The first-order valence-corrected chi connectivity index (χ1v) is 6.65. The monoisotopic (exact) mass is 311 g/mol. The average Bonchev–Trinajstić information content (AvgIpc) is 2.38. The molecule has 0 spiro atoms. The Morgan fingerprint density at radius 3 is 2.41 bits per heavy atom. The van der Waals surface area contributed by atoms with Gasteiger partial charge in [0.1, 0.15) is 11.4 Å². The number of halogens is 1. The molecule has 0 fully saturated rings. The number of Topliss-reactive ketones (excluding diaryl/α,β-unsaturated/α-hetero) is 1. The normalized spacial score (nSPS) is 10.8. The Hall–Kier alpha value is -2.44. The first kappa shape index (κ1) is 17.6. The van der Waals surface area contributed by atoms with E-state index in [0.717, 1.165) is 18.2 Å². The Kier molecular flexibility index (Phi) is 5.62. The van der Waals surface area contributed by atoms with E-state index in [4.69, 9.17) is 4.74 Å². The number of carbonyl (C=O) groups is 3. The van der Waals surface area contributed by atoms with Crippen LogP contribution in [0, 0.1) is 5.82 Å². The Bertz CT molecular complexity index is 592. The highest BCUT2D eigenvalue weighted by molar-refractivity contribution is 6.40. The molecule has 0 aliphatic carbocycles. The Morgan fingerprint density at radius 1 is 1.23 bits per heavy atom. The number of rotatable bonds is 4. The van der Waals surface area contributed by atoms with Gasteiger partial charge in [-0.1, -0.05) is 0 Å². The maximum Gasteiger partial charge on any atom is 0.412 e. The van der Waals surface area contributed by atoms with Crippen LogP contribution in [-0.4, -0.2) is 30.1 Å². The molecule has 0 aliphatic heterocycles. The molecule has 0 radical (unpaired) electrons. The number of anilines is 1. The van der Waals surface area contributed by atoms with Gasteiger partial charge >= 0.3 is 12.1 Å². The second-order valence-electron chi connectivity index (χ2n) is 5.37. The summed E-state index contributed by atoms with van der Waals surface area (Å²) in [6.45, 7) is 6.58. The van der Waals surface area contributed by atoms with Crippen molar-refractivity contribution >= 4 is 23.5 Å². The van der Waals surface area contributed by atoms with Crippen LogP contribution in [0.3, 0.4) is 0 Å². The molecule has 1 N–H and O–H groups in total. The molecular formula is C15H18FNO5. The van der Waals surface area contributed by atoms with E-state index < -0.39 is 29.3 Å². The predicted octanol–water partition coefficient (Wildman–Crippen LogP) is 2.92. The van der Waals surface area contributed by atoms with Gasteiger partial charge in [0.2, 0.25) is 0 Å². The van der Waals surface area contributed by atoms with Crippen molar-refractivity contribution in [1.29, 1.82) is 0 Å². The van der Waals surface area contributed by atoms with E-state index in [2.05, 4.69) is 10.1 Å². The van der Waals surface area contributed by atoms with Crippen LogP contribution in [0.25, 0.3) is 0 Å². The smallest absolute Gasteiger partial charge is 0.412 e. The van der Waals surface area contributed by atoms with Crippen LogP contribution in [0.2, 0.25) is 0 Å². The Labute approximate surface area is 127 Å². The second kappa shape index (κ2) is 7.02. The lowest BCUT2D eigenvalue weighted by molar-refractivity contribution is -0.137. The molecule has 0 bridgehead atoms. The van der Waals surface area contributed by atoms with E-state index in [1.807, 2.05) is 0 Å². The van der Waals surface area contributed by atoms with Crippen molar-refractivity contribution in [1.82, 2.24) is 0 Å². The summed E-state index contributed by atoms with van der Waals surface area (Å²) in [7, 11) is 0. The van der Waals surface area contributed by atoms with Crippen molar-refractivity contribution in [3.05, 3.63) is 29.6 Å². The standard InChI is InChI=1S/C15H18FNO5/c1-5-21-13(19)12(18)9-6-7-10(16)11(8-9)17-14(20)22-15(2,3)4/h6-8H,5H2,1-4H3,(H,17,20). The number of esters is 1. The summed E-state index contributed by atoms with van der Waals surface area (Å²) in [5.41, 5.74) is -1.10. The van der Waals surface area contributed by atoms with Crippen LogP contribution < -0.4 is 5.32 Å². The summed E-state index contributed by atoms with van der Waals surface area (Å²) in [6.07, 6.45) is -0.868. The van der Waals surface area contributed by atoms with E-state index in [0.29, 0.717) is 0 Å². The zero-order valence-corrected chi connectivity index (χ0v) is 12.9. The molecule has 0 saturated carbocycles. The van der Waals surface area contributed by atoms with Crippen molar-refractivity contribution in [3.63, 3.8) is 0 Å². The molecule has 0 aromatic heterocycles. The number of amides is 1. The van der Waals surface area contributed by atoms with E-state index in [-0.39, 0.29) is 17.9 Å². The highest BCUT2D eigenvalue weighted by Gasteiger charge is 2.21. The van der Waals surface area contributed by atoms with Gasteiger partial charge in [-0.25, -0.2) is 14.0 Å². The number of hydrogen-bond donors (Lipinski definition) is 1. The summed E-state index contributed by atoms with van der Waals surface area (Å²) >= 11 is 0. The van der Waals surface area contributed by atoms with Crippen LogP contribution in [0.1, 0.15) is 38.1 Å². The van der Waals surface area contributed by atoms with Gasteiger partial charge in [-0.2, -0.15) is 0 Å². The van der Waals surface area contributed by atoms with Gasteiger partial charge in [0.05, 0.1) is 12.3 Å². The summed E-state index contributed by atoms with van der Waals surface area (Å²) in [6, 6.07) is 3.16. The minimum Gasteiger partial charge on any atom is -0.460 e. The van der Waals surface area contributed by atoms with E-state index in [1.165, 1.54) is 0 Å². The van der Waals surface area contributed by atoms with Crippen LogP contribution >= 0.6 is 0 Å². The van der Waals surface area contributed by atoms with Gasteiger partial charge in [-0.05, 0) is 45.9 Å². The van der Waals surface area contributed by atoms with Crippen molar-refractivity contribution in [2.75, 3.05) is 11.9 Å². The van der Waals surface area contributed by atoms with Gasteiger partial charge in [0.25, 0.3) is 5.78 Å². The molecule has 1 aromatic carbocycles. The molecule has 7 heteroatoms. The van der Waals surface area contributed by atoms with Gasteiger partial charge < -0.3 is 9.47 Å². The SMILES string of the molecule is CCOC(=O)C(=O)c1ccc(F)c(NC(=O)OC(C)(C)C)c1. The van der Waals surface area contributed by atoms with Gasteiger partial charge in [0, 0.05) is 5.56 Å². The van der Waals surface area contributed by atoms with Crippen molar-refractivity contribution in [2.45, 2.75) is 33.3 Å². The minimum atomic E-state index is -1.04. The number of ether oxygens (including phenoxy) is 2. The molecule has 1 aromatic rings. The van der Waals surface area contributed by atoms with Crippen LogP contribution in [-0.2, 0) is 14.3 Å². The quantitative estimate of drug-likeness (QED) is 0.525. The molecule has 0 heterocycles. The fourth-order valence-corrected chi connectivity index (χ4v) is 1.49. The first-order chi connectivity index (χ1) is 10.1. The maximum absolute atomic E-state index is 13.7. The molecule has 0 unspecified atom stereocenters. The number of ketones is 1. The van der Waals surface area contributed by atoms with Crippen molar-refractivity contribution in [2.24, 2.45) is 0 Å². The number of benzene rings is 1. The lowest BCUT2D eigenvalue weighted by atomic mass is 10.1. The summed E-state index contributed by atoms with van der Waals surface area (Å²) in [4.78, 5) is 34.8. The molecule has 0 saturated heterocycles. The van der Waals surface area contributed by atoms with E-state index in [1.54, 1.807) is 27.7 Å². The zero-order chi connectivity index (χ0) is 16.9. The molecule has 0 atom stereocenters. The predicted molar refractivity (Wildman–Crippen MR) is 77.2 cm³/mol. The highest BCUT2D eigenvalue weighted by atomic mass is 19.1. The van der Waals surface area contributed by atoms with E-state index >= 15 is 0 Å². The Morgan fingerprint density at radius 2 is 1.86 bits per heavy atom. The largest absolute Gasteiger partial charge is 0.460 e. The minimum absolute atomic E-state index is 0.0504.